The van der Waals surface area contributed by atoms with E-state index in [9.17, 15) is 0 Å². The minimum absolute atomic E-state index is 0.324. The Morgan fingerprint density at radius 1 is 1.28 bits per heavy atom. The Labute approximate surface area is 114 Å². The number of alkyl halides is 1. The first-order valence-corrected chi connectivity index (χ1v) is 7.20. The SMILES string of the molecule is CCCC(Cl)CCCc1nc2ccccc2n1C. The number of aryl methyl sites for hydroxylation is 2. The van der Waals surface area contributed by atoms with Gasteiger partial charge < -0.3 is 4.57 Å². The van der Waals surface area contributed by atoms with Gasteiger partial charge in [-0.3, -0.25) is 0 Å². The molecule has 0 aliphatic carbocycles. The topological polar surface area (TPSA) is 17.8 Å². The summed E-state index contributed by atoms with van der Waals surface area (Å²) in [5, 5.41) is 0.324. The van der Waals surface area contributed by atoms with Crippen LogP contribution in [0.5, 0.6) is 0 Å². The lowest BCUT2D eigenvalue weighted by Gasteiger charge is -2.07. The third kappa shape index (κ3) is 3.05. The van der Waals surface area contributed by atoms with Crippen LogP contribution in [0.1, 0.15) is 38.4 Å². The fourth-order valence-electron chi connectivity index (χ4n) is 2.36. The second-order valence-corrected chi connectivity index (χ2v) is 5.47. The van der Waals surface area contributed by atoms with Gasteiger partial charge >= 0.3 is 0 Å². The molecule has 2 nitrogen and oxygen atoms in total. The Morgan fingerprint density at radius 3 is 2.78 bits per heavy atom. The molecule has 1 heterocycles. The molecule has 0 saturated heterocycles. The van der Waals surface area contributed by atoms with Gasteiger partial charge in [0.1, 0.15) is 5.82 Å². The van der Waals surface area contributed by atoms with E-state index in [0.717, 1.165) is 37.0 Å². The van der Waals surface area contributed by atoms with Crippen LogP contribution in [0.15, 0.2) is 24.3 Å². The molecule has 1 aromatic heterocycles. The van der Waals surface area contributed by atoms with E-state index in [-0.39, 0.29) is 0 Å². The molecular weight excluding hydrogens is 244 g/mol. The Morgan fingerprint density at radius 2 is 2.06 bits per heavy atom. The molecule has 2 aromatic rings. The van der Waals surface area contributed by atoms with E-state index in [4.69, 9.17) is 11.6 Å². The average Bonchev–Trinajstić information content (AvgIpc) is 2.68. The van der Waals surface area contributed by atoms with Crippen LogP contribution >= 0.6 is 11.6 Å². The number of hydrogen-bond acceptors (Lipinski definition) is 1. The van der Waals surface area contributed by atoms with Crippen molar-refractivity contribution in [3.8, 4) is 0 Å². The van der Waals surface area contributed by atoms with Crippen LogP contribution in [0.25, 0.3) is 11.0 Å². The normalized spacial score (nSPS) is 13.1. The number of para-hydroxylation sites is 2. The Kier molecular flexibility index (Phi) is 4.65. The first-order valence-electron chi connectivity index (χ1n) is 6.76. The number of rotatable bonds is 6. The van der Waals surface area contributed by atoms with Gasteiger partial charge in [-0.25, -0.2) is 4.98 Å². The second kappa shape index (κ2) is 6.24. The van der Waals surface area contributed by atoms with Crippen LogP contribution in [0, 0.1) is 0 Å². The number of imidazole rings is 1. The Bertz CT molecular complexity index is 504. The summed E-state index contributed by atoms with van der Waals surface area (Å²) in [4.78, 5) is 4.67. The molecule has 98 valence electrons. The van der Waals surface area contributed by atoms with Crippen molar-refractivity contribution in [1.82, 2.24) is 9.55 Å². The van der Waals surface area contributed by atoms with Gasteiger partial charge in [-0.15, -0.1) is 11.6 Å². The highest BCUT2D eigenvalue weighted by Gasteiger charge is 2.08. The van der Waals surface area contributed by atoms with E-state index in [1.54, 1.807) is 0 Å². The lowest BCUT2D eigenvalue weighted by molar-refractivity contribution is 0.623. The molecule has 0 aliphatic heterocycles. The number of halogens is 1. The van der Waals surface area contributed by atoms with E-state index in [0.29, 0.717) is 5.38 Å². The van der Waals surface area contributed by atoms with Crippen molar-refractivity contribution < 1.29 is 0 Å². The molecule has 3 heteroatoms. The maximum atomic E-state index is 6.24. The van der Waals surface area contributed by atoms with Crippen molar-refractivity contribution in [1.29, 1.82) is 0 Å². The molecule has 0 saturated carbocycles. The largest absolute Gasteiger partial charge is 0.331 e. The van der Waals surface area contributed by atoms with Crippen molar-refractivity contribution >= 4 is 22.6 Å². The fourth-order valence-corrected chi connectivity index (χ4v) is 2.73. The van der Waals surface area contributed by atoms with E-state index in [1.165, 1.54) is 11.9 Å². The summed E-state index contributed by atoms with van der Waals surface area (Å²) >= 11 is 6.24. The molecule has 2 rings (SSSR count). The number of fused-ring (bicyclic) bond motifs is 1. The van der Waals surface area contributed by atoms with Crippen molar-refractivity contribution in [2.75, 3.05) is 0 Å². The molecule has 0 aliphatic rings. The molecule has 0 N–H and O–H groups in total. The van der Waals surface area contributed by atoms with E-state index in [1.807, 2.05) is 6.07 Å². The van der Waals surface area contributed by atoms with Crippen molar-refractivity contribution in [2.45, 2.75) is 44.4 Å². The highest BCUT2D eigenvalue weighted by atomic mass is 35.5. The van der Waals surface area contributed by atoms with Gasteiger partial charge in [0.25, 0.3) is 0 Å². The first-order chi connectivity index (χ1) is 8.72. The lowest BCUT2D eigenvalue weighted by atomic mass is 10.1. The third-order valence-corrected chi connectivity index (χ3v) is 3.84. The molecule has 0 amide bonds. The number of benzene rings is 1. The maximum Gasteiger partial charge on any atom is 0.109 e. The van der Waals surface area contributed by atoms with E-state index >= 15 is 0 Å². The fraction of sp³-hybridized carbons (Fsp3) is 0.533. The summed E-state index contributed by atoms with van der Waals surface area (Å²) in [6.07, 6.45) is 5.49. The molecule has 1 aromatic carbocycles. The van der Waals surface area contributed by atoms with Crippen LogP contribution in [-0.4, -0.2) is 14.9 Å². The summed E-state index contributed by atoms with van der Waals surface area (Å²) in [6.45, 7) is 2.18. The Balaban J connectivity index is 1.97. The van der Waals surface area contributed by atoms with Crippen LogP contribution in [0.3, 0.4) is 0 Å². The monoisotopic (exact) mass is 264 g/mol. The van der Waals surface area contributed by atoms with Crippen LogP contribution in [-0.2, 0) is 13.5 Å². The molecular formula is C15H21ClN2. The summed E-state index contributed by atoms with van der Waals surface area (Å²) in [5.74, 6) is 1.16. The molecule has 18 heavy (non-hydrogen) atoms. The number of aromatic nitrogens is 2. The molecule has 0 radical (unpaired) electrons. The van der Waals surface area contributed by atoms with Gasteiger partial charge in [-0.05, 0) is 31.4 Å². The van der Waals surface area contributed by atoms with Crippen molar-refractivity contribution in [3.63, 3.8) is 0 Å². The zero-order chi connectivity index (χ0) is 13.0. The van der Waals surface area contributed by atoms with Gasteiger partial charge in [0.15, 0.2) is 0 Å². The number of hydrogen-bond donors (Lipinski definition) is 0. The molecule has 0 bridgehead atoms. The summed E-state index contributed by atoms with van der Waals surface area (Å²) in [7, 11) is 2.09. The molecule has 1 atom stereocenters. The average molecular weight is 265 g/mol. The summed E-state index contributed by atoms with van der Waals surface area (Å²) in [5.41, 5.74) is 2.30. The molecule has 1 unspecified atom stereocenters. The molecule has 0 fully saturated rings. The van der Waals surface area contributed by atoms with Crippen molar-refractivity contribution in [2.24, 2.45) is 7.05 Å². The smallest absolute Gasteiger partial charge is 0.109 e. The van der Waals surface area contributed by atoms with E-state index in [2.05, 4.69) is 41.7 Å². The predicted octanol–water partition coefficient (Wildman–Crippen LogP) is 4.30. The number of nitrogens with zero attached hydrogens (tertiary/aromatic N) is 2. The lowest BCUT2D eigenvalue weighted by Crippen LogP contribution is -2.02. The Hall–Kier alpha value is -1.02. The predicted molar refractivity (Wildman–Crippen MR) is 78.2 cm³/mol. The summed E-state index contributed by atoms with van der Waals surface area (Å²) < 4.78 is 2.19. The zero-order valence-electron chi connectivity index (χ0n) is 11.2. The van der Waals surface area contributed by atoms with Crippen LogP contribution < -0.4 is 0 Å². The van der Waals surface area contributed by atoms with Gasteiger partial charge in [0.2, 0.25) is 0 Å². The van der Waals surface area contributed by atoms with Gasteiger partial charge in [-0.2, -0.15) is 0 Å². The zero-order valence-corrected chi connectivity index (χ0v) is 12.0. The molecule has 0 spiro atoms. The van der Waals surface area contributed by atoms with Gasteiger partial charge in [0.05, 0.1) is 11.0 Å². The van der Waals surface area contributed by atoms with Crippen LogP contribution in [0.2, 0.25) is 0 Å². The van der Waals surface area contributed by atoms with Crippen molar-refractivity contribution in [3.05, 3.63) is 30.1 Å². The standard InChI is InChI=1S/C15H21ClN2/c1-3-7-12(16)8-6-11-15-17-13-9-4-5-10-14(13)18(15)2/h4-5,9-10,12H,3,6-8,11H2,1-2H3. The third-order valence-electron chi connectivity index (χ3n) is 3.40. The van der Waals surface area contributed by atoms with Gasteiger partial charge in [0, 0.05) is 18.8 Å². The second-order valence-electron chi connectivity index (χ2n) is 4.85. The first kappa shape index (κ1) is 13.4. The van der Waals surface area contributed by atoms with Crippen LogP contribution in [0.4, 0.5) is 0 Å². The highest BCUT2D eigenvalue weighted by Crippen LogP contribution is 2.18. The van der Waals surface area contributed by atoms with E-state index < -0.39 is 0 Å². The maximum absolute atomic E-state index is 6.24. The highest BCUT2D eigenvalue weighted by molar-refractivity contribution is 6.20. The minimum atomic E-state index is 0.324. The van der Waals surface area contributed by atoms with Gasteiger partial charge in [-0.1, -0.05) is 25.5 Å². The summed E-state index contributed by atoms with van der Waals surface area (Å²) in [6, 6.07) is 8.28. The minimum Gasteiger partial charge on any atom is -0.331 e. The quantitative estimate of drug-likeness (QED) is 0.711.